The first-order chi connectivity index (χ1) is 8.13. The van der Waals surface area contributed by atoms with Crippen LogP contribution in [0.1, 0.15) is 5.56 Å². The molecule has 0 aromatic carbocycles. The van der Waals surface area contributed by atoms with Crippen LogP contribution in [0.3, 0.4) is 0 Å². The fourth-order valence-electron chi connectivity index (χ4n) is 0.985. The van der Waals surface area contributed by atoms with Crippen molar-refractivity contribution in [1.29, 1.82) is 5.41 Å². The molecule has 0 aliphatic carbocycles. The standard InChI is InChI=1S/C10H14N4O3/c1-16-4-5-17-10(15)14-8-3-2-7(6-13-8)9(11)12/h2-3,6H,4-5H2,1H3,(H3,11,12)(H,13,14,15). The van der Waals surface area contributed by atoms with Crippen molar-refractivity contribution in [3.63, 3.8) is 0 Å². The van der Waals surface area contributed by atoms with Crippen LogP contribution >= 0.6 is 0 Å². The summed E-state index contributed by atoms with van der Waals surface area (Å²) < 4.78 is 9.51. The van der Waals surface area contributed by atoms with Crippen molar-refractivity contribution in [3.8, 4) is 0 Å². The Balaban J connectivity index is 2.46. The lowest BCUT2D eigenvalue weighted by Crippen LogP contribution is -2.17. The van der Waals surface area contributed by atoms with Gasteiger partial charge in [-0.1, -0.05) is 0 Å². The van der Waals surface area contributed by atoms with Crippen LogP contribution in [0.4, 0.5) is 10.6 Å². The first-order valence-corrected chi connectivity index (χ1v) is 4.86. The van der Waals surface area contributed by atoms with E-state index in [-0.39, 0.29) is 12.4 Å². The predicted octanol–water partition coefficient (Wildman–Crippen LogP) is 0.561. The van der Waals surface area contributed by atoms with Gasteiger partial charge in [0, 0.05) is 18.9 Å². The Morgan fingerprint density at radius 1 is 1.53 bits per heavy atom. The van der Waals surface area contributed by atoms with E-state index in [0.29, 0.717) is 18.0 Å². The molecule has 1 rings (SSSR count). The van der Waals surface area contributed by atoms with Gasteiger partial charge in [0.2, 0.25) is 0 Å². The number of nitrogens with two attached hydrogens (primary N) is 1. The van der Waals surface area contributed by atoms with Crippen molar-refractivity contribution < 1.29 is 14.3 Å². The largest absolute Gasteiger partial charge is 0.447 e. The quantitative estimate of drug-likeness (QED) is 0.394. The third-order valence-electron chi connectivity index (χ3n) is 1.83. The number of pyridine rings is 1. The van der Waals surface area contributed by atoms with Gasteiger partial charge in [0.1, 0.15) is 18.3 Å². The maximum atomic E-state index is 11.2. The number of carbonyl (C=O) groups excluding carboxylic acids is 1. The highest BCUT2D eigenvalue weighted by Crippen LogP contribution is 2.04. The number of carbonyl (C=O) groups is 1. The van der Waals surface area contributed by atoms with Crippen molar-refractivity contribution in [1.82, 2.24) is 4.98 Å². The molecule has 1 heterocycles. The molecule has 7 nitrogen and oxygen atoms in total. The number of nitrogen functional groups attached to an aromatic ring is 1. The second-order valence-electron chi connectivity index (χ2n) is 3.10. The normalized spacial score (nSPS) is 9.71. The van der Waals surface area contributed by atoms with E-state index in [1.807, 2.05) is 0 Å². The summed E-state index contributed by atoms with van der Waals surface area (Å²) in [5.41, 5.74) is 5.75. The zero-order valence-electron chi connectivity index (χ0n) is 9.40. The number of rotatable bonds is 5. The zero-order chi connectivity index (χ0) is 12.7. The number of hydrogen-bond donors (Lipinski definition) is 3. The van der Waals surface area contributed by atoms with Gasteiger partial charge >= 0.3 is 6.09 Å². The van der Waals surface area contributed by atoms with Crippen molar-refractivity contribution in [2.45, 2.75) is 0 Å². The number of anilines is 1. The Hall–Kier alpha value is -2.15. The molecule has 1 aromatic heterocycles. The number of hydrogen-bond acceptors (Lipinski definition) is 5. The zero-order valence-corrected chi connectivity index (χ0v) is 9.40. The highest BCUT2D eigenvalue weighted by molar-refractivity contribution is 5.95. The lowest BCUT2D eigenvalue weighted by molar-refractivity contribution is 0.107. The summed E-state index contributed by atoms with van der Waals surface area (Å²) >= 11 is 0. The molecule has 0 atom stereocenters. The monoisotopic (exact) mass is 238 g/mol. The fraction of sp³-hybridized carbons (Fsp3) is 0.300. The van der Waals surface area contributed by atoms with E-state index < -0.39 is 6.09 Å². The molecular formula is C10H14N4O3. The summed E-state index contributed by atoms with van der Waals surface area (Å²) in [5.74, 6) is 0.254. The maximum Gasteiger partial charge on any atom is 0.412 e. The fourth-order valence-corrected chi connectivity index (χ4v) is 0.985. The summed E-state index contributed by atoms with van der Waals surface area (Å²) in [6, 6.07) is 3.12. The summed E-state index contributed by atoms with van der Waals surface area (Å²) in [7, 11) is 1.52. The van der Waals surface area contributed by atoms with Crippen molar-refractivity contribution >= 4 is 17.7 Å². The van der Waals surface area contributed by atoms with Gasteiger partial charge in [0.15, 0.2) is 0 Å². The number of ether oxygens (including phenoxy) is 2. The average molecular weight is 238 g/mol. The average Bonchev–Trinajstić information content (AvgIpc) is 2.30. The van der Waals surface area contributed by atoms with E-state index in [0.717, 1.165) is 0 Å². The summed E-state index contributed by atoms with van der Waals surface area (Å²) in [5, 5.41) is 9.60. The third-order valence-corrected chi connectivity index (χ3v) is 1.83. The SMILES string of the molecule is COCCOC(=O)Nc1ccc(C(=N)N)cn1. The molecule has 0 aliphatic heterocycles. The molecule has 4 N–H and O–H groups in total. The summed E-state index contributed by atoms with van der Waals surface area (Å²) in [6.07, 6.45) is 0.790. The molecule has 0 spiro atoms. The lowest BCUT2D eigenvalue weighted by atomic mass is 10.2. The van der Waals surface area contributed by atoms with Gasteiger partial charge in [-0.15, -0.1) is 0 Å². The van der Waals surface area contributed by atoms with E-state index in [2.05, 4.69) is 10.3 Å². The van der Waals surface area contributed by atoms with Crippen LogP contribution in [0.15, 0.2) is 18.3 Å². The van der Waals surface area contributed by atoms with E-state index in [1.54, 1.807) is 6.07 Å². The molecule has 17 heavy (non-hydrogen) atoms. The molecule has 92 valence electrons. The number of nitrogens with zero attached hydrogens (tertiary/aromatic N) is 1. The highest BCUT2D eigenvalue weighted by atomic mass is 16.6. The maximum absolute atomic E-state index is 11.2. The first kappa shape index (κ1) is 12.9. The van der Waals surface area contributed by atoms with Gasteiger partial charge < -0.3 is 15.2 Å². The van der Waals surface area contributed by atoms with E-state index >= 15 is 0 Å². The molecule has 0 saturated carbocycles. The van der Waals surface area contributed by atoms with E-state index in [9.17, 15) is 4.79 Å². The van der Waals surface area contributed by atoms with Gasteiger partial charge in [-0.05, 0) is 12.1 Å². The van der Waals surface area contributed by atoms with Crippen LogP contribution in [-0.4, -0.2) is 37.2 Å². The second-order valence-corrected chi connectivity index (χ2v) is 3.10. The summed E-state index contributed by atoms with van der Waals surface area (Å²) in [4.78, 5) is 15.1. The molecular weight excluding hydrogens is 224 g/mol. The van der Waals surface area contributed by atoms with Gasteiger partial charge in [-0.3, -0.25) is 10.7 Å². The van der Waals surface area contributed by atoms with Crippen LogP contribution in [0.2, 0.25) is 0 Å². The number of nitrogens with one attached hydrogen (secondary N) is 2. The number of methoxy groups -OCH3 is 1. The van der Waals surface area contributed by atoms with Crippen LogP contribution in [-0.2, 0) is 9.47 Å². The molecule has 0 saturated heterocycles. The van der Waals surface area contributed by atoms with Crippen molar-refractivity contribution in [3.05, 3.63) is 23.9 Å². The van der Waals surface area contributed by atoms with Crippen LogP contribution < -0.4 is 11.1 Å². The van der Waals surface area contributed by atoms with Crippen LogP contribution in [0.25, 0.3) is 0 Å². The smallest absolute Gasteiger partial charge is 0.412 e. The predicted molar refractivity (Wildman–Crippen MR) is 62.1 cm³/mol. The minimum Gasteiger partial charge on any atom is -0.447 e. The Bertz CT molecular complexity index is 391. The van der Waals surface area contributed by atoms with Gasteiger partial charge in [0.25, 0.3) is 0 Å². The van der Waals surface area contributed by atoms with Crippen LogP contribution in [0, 0.1) is 5.41 Å². The minimum absolute atomic E-state index is 0.0771. The Kier molecular flexibility index (Phi) is 4.89. The molecule has 0 fully saturated rings. The lowest BCUT2D eigenvalue weighted by Gasteiger charge is -2.06. The van der Waals surface area contributed by atoms with Crippen molar-refractivity contribution in [2.24, 2.45) is 5.73 Å². The molecule has 1 aromatic rings. The number of amides is 1. The molecule has 1 amide bonds. The molecule has 0 aliphatic rings. The Morgan fingerprint density at radius 3 is 2.82 bits per heavy atom. The summed E-state index contributed by atoms with van der Waals surface area (Å²) in [6.45, 7) is 0.512. The minimum atomic E-state index is -0.606. The molecule has 7 heteroatoms. The van der Waals surface area contributed by atoms with Gasteiger partial charge in [0.05, 0.1) is 6.61 Å². The Labute approximate surface area is 98.4 Å². The first-order valence-electron chi connectivity index (χ1n) is 4.86. The topological polar surface area (TPSA) is 110 Å². The number of amidine groups is 1. The highest BCUT2D eigenvalue weighted by Gasteiger charge is 2.04. The molecule has 0 bridgehead atoms. The second kappa shape index (κ2) is 6.44. The van der Waals surface area contributed by atoms with E-state index in [1.165, 1.54) is 19.4 Å². The third kappa shape index (κ3) is 4.47. The van der Waals surface area contributed by atoms with Gasteiger partial charge in [-0.2, -0.15) is 0 Å². The number of aromatic nitrogens is 1. The van der Waals surface area contributed by atoms with Crippen molar-refractivity contribution in [2.75, 3.05) is 25.6 Å². The van der Waals surface area contributed by atoms with Crippen LogP contribution in [0.5, 0.6) is 0 Å². The molecule has 0 unspecified atom stereocenters. The van der Waals surface area contributed by atoms with Gasteiger partial charge in [-0.25, -0.2) is 9.78 Å². The van der Waals surface area contributed by atoms with E-state index in [4.69, 9.17) is 20.6 Å². The Morgan fingerprint density at radius 2 is 2.29 bits per heavy atom. The molecule has 0 radical (unpaired) electrons.